The lowest BCUT2D eigenvalue weighted by Crippen LogP contribution is -2.30. The number of nitrogens with one attached hydrogen (secondary N) is 1. The zero-order valence-corrected chi connectivity index (χ0v) is 13.2. The molecule has 2 aromatic rings. The molecule has 0 spiro atoms. The molecule has 2 rings (SSSR count). The van der Waals surface area contributed by atoms with E-state index >= 15 is 0 Å². The van der Waals surface area contributed by atoms with Crippen LogP contribution in [-0.2, 0) is 16.1 Å². The molecule has 0 fully saturated rings. The van der Waals surface area contributed by atoms with E-state index < -0.39 is 18.0 Å². The number of anilines is 1. The van der Waals surface area contributed by atoms with Crippen molar-refractivity contribution in [2.45, 2.75) is 19.6 Å². The summed E-state index contributed by atoms with van der Waals surface area (Å²) in [6.07, 6.45) is -0.948. The average Bonchev–Trinajstić information content (AvgIpc) is 2.56. The summed E-state index contributed by atoms with van der Waals surface area (Å²) in [5, 5.41) is 12.2. The van der Waals surface area contributed by atoms with Gasteiger partial charge >= 0.3 is 5.97 Å². The predicted octanol–water partition coefficient (Wildman–Crippen LogP) is 3.02. The van der Waals surface area contributed by atoms with Crippen molar-refractivity contribution in [1.82, 2.24) is 0 Å². The summed E-state index contributed by atoms with van der Waals surface area (Å²) in [4.78, 5) is 24.0. The van der Waals surface area contributed by atoms with Crippen LogP contribution in [0.3, 0.4) is 0 Å². The van der Waals surface area contributed by atoms with Crippen LogP contribution in [0.15, 0.2) is 48.5 Å². The minimum absolute atomic E-state index is 0.102. The highest BCUT2D eigenvalue weighted by molar-refractivity contribution is 6.30. The lowest BCUT2D eigenvalue weighted by Gasteiger charge is -2.13. The lowest BCUT2D eigenvalue weighted by molar-refractivity contribution is -0.123. The molecule has 0 heterocycles. The summed E-state index contributed by atoms with van der Waals surface area (Å²) < 4.78 is 5.13. The van der Waals surface area contributed by atoms with Gasteiger partial charge in [-0.05, 0) is 48.9 Å². The van der Waals surface area contributed by atoms with E-state index in [2.05, 4.69) is 5.32 Å². The number of benzene rings is 2. The fraction of sp³-hybridized carbons (Fsp3) is 0.176. The Morgan fingerprint density at radius 2 is 1.74 bits per heavy atom. The molecule has 0 bridgehead atoms. The first-order chi connectivity index (χ1) is 11.0. The van der Waals surface area contributed by atoms with Crippen LogP contribution < -0.4 is 5.32 Å². The first-order valence-electron chi connectivity index (χ1n) is 6.97. The van der Waals surface area contributed by atoms with Crippen molar-refractivity contribution in [2.24, 2.45) is 0 Å². The Kier molecular flexibility index (Phi) is 5.73. The molecule has 2 N–H and O–H groups in total. The van der Waals surface area contributed by atoms with E-state index in [9.17, 15) is 9.59 Å². The standard InChI is InChI=1S/C17H16ClNO4/c1-11(16(21)19-15-8-6-14(18)7-9-15)23-17(22)13-4-2-12(10-20)3-5-13/h2-9,11,20H,10H2,1H3,(H,19,21)/t11-/m1/s1. The second kappa shape index (κ2) is 7.76. The number of amides is 1. The van der Waals surface area contributed by atoms with Crippen LogP contribution in [0.5, 0.6) is 0 Å². The molecule has 0 aromatic heterocycles. The Balaban J connectivity index is 1.94. The predicted molar refractivity (Wildman–Crippen MR) is 87.3 cm³/mol. The number of aliphatic hydroxyl groups is 1. The van der Waals surface area contributed by atoms with Crippen LogP contribution in [0, 0.1) is 0 Å². The van der Waals surface area contributed by atoms with Gasteiger partial charge in [-0.15, -0.1) is 0 Å². The van der Waals surface area contributed by atoms with Crippen molar-refractivity contribution in [2.75, 3.05) is 5.32 Å². The summed E-state index contributed by atoms with van der Waals surface area (Å²) in [7, 11) is 0. The topological polar surface area (TPSA) is 75.6 Å². The Morgan fingerprint density at radius 3 is 2.30 bits per heavy atom. The third-order valence-corrected chi connectivity index (χ3v) is 3.39. The molecule has 0 radical (unpaired) electrons. The summed E-state index contributed by atoms with van der Waals surface area (Å²) in [5.74, 6) is -1.04. The van der Waals surface area contributed by atoms with Gasteiger partial charge in [0.2, 0.25) is 0 Å². The van der Waals surface area contributed by atoms with E-state index in [1.54, 1.807) is 36.4 Å². The van der Waals surface area contributed by atoms with Gasteiger partial charge in [0.25, 0.3) is 5.91 Å². The van der Waals surface area contributed by atoms with E-state index in [-0.39, 0.29) is 6.61 Å². The Morgan fingerprint density at radius 1 is 1.13 bits per heavy atom. The van der Waals surface area contributed by atoms with Gasteiger partial charge in [-0.3, -0.25) is 4.79 Å². The third kappa shape index (κ3) is 4.81. The van der Waals surface area contributed by atoms with E-state index in [0.29, 0.717) is 21.8 Å². The van der Waals surface area contributed by atoms with Crippen LogP contribution >= 0.6 is 11.6 Å². The van der Waals surface area contributed by atoms with E-state index in [0.717, 1.165) is 0 Å². The smallest absolute Gasteiger partial charge is 0.338 e. The number of carbonyl (C=O) groups is 2. The highest BCUT2D eigenvalue weighted by Crippen LogP contribution is 2.14. The number of halogens is 1. The van der Waals surface area contributed by atoms with Gasteiger partial charge in [0.05, 0.1) is 12.2 Å². The number of hydrogen-bond donors (Lipinski definition) is 2. The number of ether oxygens (including phenoxy) is 1. The van der Waals surface area contributed by atoms with Gasteiger partial charge in [-0.1, -0.05) is 23.7 Å². The fourth-order valence-electron chi connectivity index (χ4n) is 1.81. The molecular formula is C17H16ClNO4. The zero-order valence-electron chi connectivity index (χ0n) is 12.5. The SMILES string of the molecule is C[C@@H](OC(=O)c1ccc(CO)cc1)C(=O)Nc1ccc(Cl)cc1. The number of hydrogen-bond acceptors (Lipinski definition) is 4. The minimum Gasteiger partial charge on any atom is -0.449 e. The highest BCUT2D eigenvalue weighted by atomic mass is 35.5. The highest BCUT2D eigenvalue weighted by Gasteiger charge is 2.19. The first kappa shape index (κ1) is 17.0. The van der Waals surface area contributed by atoms with Crippen LogP contribution in [-0.4, -0.2) is 23.1 Å². The van der Waals surface area contributed by atoms with Crippen molar-refractivity contribution >= 4 is 29.2 Å². The quantitative estimate of drug-likeness (QED) is 0.825. The Hall–Kier alpha value is -2.37. The molecule has 1 atom stereocenters. The molecule has 6 heteroatoms. The number of carbonyl (C=O) groups excluding carboxylic acids is 2. The van der Waals surface area contributed by atoms with E-state index in [4.69, 9.17) is 21.4 Å². The maximum Gasteiger partial charge on any atom is 0.338 e. The summed E-state index contributed by atoms with van der Waals surface area (Å²) >= 11 is 5.77. The molecule has 2 aromatic carbocycles. The molecule has 23 heavy (non-hydrogen) atoms. The molecule has 0 saturated carbocycles. The maximum absolute atomic E-state index is 12.0. The van der Waals surface area contributed by atoms with Crippen molar-refractivity contribution in [1.29, 1.82) is 0 Å². The second-order valence-electron chi connectivity index (χ2n) is 4.90. The van der Waals surface area contributed by atoms with Crippen LogP contribution in [0.1, 0.15) is 22.8 Å². The van der Waals surface area contributed by atoms with Crippen molar-refractivity contribution in [3.8, 4) is 0 Å². The fourth-order valence-corrected chi connectivity index (χ4v) is 1.93. The van der Waals surface area contributed by atoms with Gasteiger partial charge in [-0.25, -0.2) is 4.79 Å². The van der Waals surface area contributed by atoms with E-state index in [1.165, 1.54) is 19.1 Å². The Labute approximate surface area is 138 Å². The molecular weight excluding hydrogens is 318 g/mol. The van der Waals surface area contributed by atoms with Crippen LogP contribution in [0.25, 0.3) is 0 Å². The largest absolute Gasteiger partial charge is 0.449 e. The average molecular weight is 334 g/mol. The minimum atomic E-state index is -0.948. The number of rotatable bonds is 5. The first-order valence-corrected chi connectivity index (χ1v) is 7.34. The number of esters is 1. The van der Waals surface area contributed by atoms with Gasteiger partial charge in [0, 0.05) is 10.7 Å². The monoisotopic (exact) mass is 333 g/mol. The Bertz CT molecular complexity index is 683. The van der Waals surface area contributed by atoms with Crippen LogP contribution in [0.2, 0.25) is 5.02 Å². The molecule has 0 aliphatic carbocycles. The van der Waals surface area contributed by atoms with Gasteiger partial charge < -0.3 is 15.2 Å². The molecule has 0 aliphatic rings. The molecule has 120 valence electrons. The molecule has 0 saturated heterocycles. The lowest BCUT2D eigenvalue weighted by atomic mass is 10.1. The van der Waals surface area contributed by atoms with Crippen molar-refractivity contribution in [3.63, 3.8) is 0 Å². The van der Waals surface area contributed by atoms with Gasteiger partial charge in [0.1, 0.15) is 0 Å². The second-order valence-corrected chi connectivity index (χ2v) is 5.34. The van der Waals surface area contributed by atoms with Crippen molar-refractivity contribution < 1.29 is 19.4 Å². The molecule has 1 amide bonds. The molecule has 5 nitrogen and oxygen atoms in total. The normalized spacial score (nSPS) is 11.6. The maximum atomic E-state index is 12.0. The summed E-state index contributed by atoms with van der Waals surface area (Å²) in [5.41, 5.74) is 1.57. The molecule has 0 aliphatic heterocycles. The number of aliphatic hydroxyl groups excluding tert-OH is 1. The summed E-state index contributed by atoms with van der Waals surface area (Å²) in [6, 6.07) is 12.9. The van der Waals surface area contributed by atoms with Crippen LogP contribution in [0.4, 0.5) is 5.69 Å². The van der Waals surface area contributed by atoms with Crippen molar-refractivity contribution in [3.05, 3.63) is 64.7 Å². The van der Waals surface area contributed by atoms with Gasteiger partial charge in [0.15, 0.2) is 6.10 Å². The summed E-state index contributed by atoms with van der Waals surface area (Å²) in [6.45, 7) is 1.39. The zero-order chi connectivity index (χ0) is 16.8. The van der Waals surface area contributed by atoms with E-state index in [1.807, 2.05) is 0 Å². The third-order valence-electron chi connectivity index (χ3n) is 3.14. The molecule has 0 unspecified atom stereocenters. The van der Waals surface area contributed by atoms with Gasteiger partial charge in [-0.2, -0.15) is 0 Å².